The number of methoxy groups -OCH3 is 2. The fraction of sp³-hybridized carbons (Fsp3) is 0.250. The van der Waals surface area contributed by atoms with Crippen LogP contribution >= 0.6 is 11.6 Å². The van der Waals surface area contributed by atoms with Gasteiger partial charge in [-0.25, -0.2) is 4.68 Å². The molecule has 26 heavy (non-hydrogen) atoms. The molecule has 0 amide bonds. The molecule has 3 aromatic rings. The number of hydrogen-bond donors (Lipinski definition) is 1. The van der Waals surface area contributed by atoms with Crippen molar-refractivity contribution < 1.29 is 9.47 Å². The van der Waals surface area contributed by atoms with E-state index in [9.17, 15) is 0 Å². The fourth-order valence-electron chi connectivity index (χ4n) is 2.68. The SMILES string of the molecule is COCCNCc1cn(-c2ccc(OC)cc2)nc1-c1ccccc1Cl. The average molecular weight is 372 g/mol. The number of nitrogens with one attached hydrogen (secondary N) is 1. The molecule has 0 spiro atoms. The Kier molecular flexibility index (Phi) is 6.28. The third-order valence-corrected chi connectivity index (χ3v) is 4.38. The quantitative estimate of drug-likeness (QED) is 0.609. The molecule has 0 aliphatic heterocycles. The van der Waals surface area contributed by atoms with Crippen molar-refractivity contribution in [2.75, 3.05) is 27.4 Å². The molecule has 0 saturated carbocycles. The number of ether oxygens (including phenoxy) is 2. The molecule has 2 aromatic carbocycles. The summed E-state index contributed by atoms with van der Waals surface area (Å²) in [5.41, 5.74) is 3.83. The Hall–Kier alpha value is -2.34. The van der Waals surface area contributed by atoms with E-state index in [0.717, 1.165) is 34.8 Å². The predicted molar refractivity (Wildman–Crippen MR) is 104 cm³/mol. The highest BCUT2D eigenvalue weighted by atomic mass is 35.5. The number of rotatable bonds is 8. The molecule has 0 bridgehead atoms. The van der Waals surface area contributed by atoms with E-state index in [1.165, 1.54) is 0 Å². The van der Waals surface area contributed by atoms with Gasteiger partial charge in [0, 0.05) is 37.5 Å². The van der Waals surface area contributed by atoms with Crippen LogP contribution in [0.2, 0.25) is 5.02 Å². The molecule has 6 heteroatoms. The first-order chi connectivity index (χ1) is 12.7. The molecule has 1 aromatic heterocycles. The van der Waals surface area contributed by atoms with Crippen molar-refractivity contribution in [1.29, 1.82) is 0 Å². The van der Waals surface area contributed by atoms with Gasteiger partial charge in [0.25, 0.3) is 0 Å². The van der Waals surface area contributed by atoms with Gasteiger partial charge < -0.3 is 14.8 Å². The molecule has 0 fully saturated rings. The van der Waals surface area contributed by atoms with Crippen LogP contribution in [0, 0.1) is 0 Å². The summed E-state index contributed by atoms with van der Waals surface area (Å²) in [6, 6.07) is 15.5. The summed E-state index contributed by atoms with van der Waals surface area (Å²) < 4.78 is 12.2. The van der Waals surface area contributed by atoms with E-state index in [1.807, 2.05) is 59.4 Å². The van der Waals surface area contributed by atoms with Crippen LogP contribution in [-0.2, 0) is 11.3 Å². The first-order valence-electron chi connectivity index (χ1n) is 8.40. The first kappa shape index (κ1) is 18.5. The highest BCUT2D eigenvalue weighted by molar-refractivity contribution is 6.33. The van der Waals surface area contributed by atoms with Gasteiger partial charge >= 0.3 is 0 Å². The maximum absolute atomic E-state index is 6.40. The van der Waals surface area contributed by atoms with Crippen LogP contribution < -0.4 is 10.1 Å². The molecule has 136 valence electrons. The summed E-state index contributed by atoms with van der Waals surface area (Å²) in [5.74, 6) is 0.814. The zero-order valence-electron chi connectivity index (χ0n) is 14.9. The Morgan fingerprint density at radius 3 is 2.54 bits per heavy atom. The van der Waals surface area contributed by atoms with Gasteiger partial charge in [-0.15, -0.1) is 0 Å². The topological polar surface area (TPSA) is 48.3 Å². The predicted octanol–water partition coefficient (Wildman–Crippen LogP) is 3.94. The van der Waals surface area contributed by atoms with Gasteiger partial charge in [-0.1, -0.05) is 29.8 Å². The molecular formula is C20H22ClN3O2. The molecule has 0 aliphatic rings. The summed E-state index contributed by atoms with van der Waals surface area (Å²) in [6.45, 7) is 2.11. The minimum Gasteiger partial charge on any atom is -0.497 e. The molecule has 1 N–H and O–H groups in total. The van der Waals surface area contributed by atoms with Gasteiger partial charge in [0.15, 0.2) is 0 Å². The smallest absolute Gasteiger partial charge is 0.119 e. The van der Waals surface area contributed by atoms with Gasteiger partial charge in [-0.05, 0) is 30.3 Å². The van der Waals surface area contributed by atoms with Gasteiger partial charge in [0.2, 0.25) is 0 Å². The lowest BCUT2D eigenvalue weighted by atomic mass is 10.1. The second kappa shape index (κ2) is 8.85. The Morgan fingerprint density at radius 2 is 1.85 bits per heavy atom. The van der Waals surface area contributed by atoms with Crippen LogP contribution in [0.1, 0.15) is 5.56 Å². The Bertz CT molecular complexity index is 847. The Balaban J connectivity index is 1.95. The maximum atomic E-state index is 6.40. The minimum absolute atomic E-state index is 0.661. The van der Waals surface area contributed by atoms with Crippen molar-refractivity contribution in [1.82, 2.24) is 15.1 Å². The highest BCUT2D eigenvalue weighted by Crippen LogP contribution is 2.30. The normalized spacial score (nSPS) is 10.9. The van der Waals surface area contributed by atoms with Crippen LogP contribution in [0.4, 0.5) is 0 Å². The highest BCUT2D eigenvalue weighted by Gasteiger charge is 2.14. The first-order valence-corrected chi connectivity index (χ1v) is 8.78. The number of aromatic nitrogens is 2. The van der Waals surface area contributed by atoms with Crippen molar-refractivity contribution in [2.45, 2.75) is 6.54 Å². The second-order valence-electron chi connectivity index (χ2n) is 5.79. The van der Waals surface area contributed by atoms with E-state index in [4.69, 9.17) is 26.2 Å². The average Bonchev–Trinajstić information content (AvgIpc) is 3.09. The van der Waals surface area contributed by atoms with E-state index in [2.05, 4.69) is 5.32 Å². The lowest BCUT2D eigenvalue weighted by molar-refractivity contribution is 0.199. The van der Waals surface area contributed by atoms with E-state index in [-0.39, 0.29) is 0 Å². The van der Waals surface area contributed by atoms with Crippen LogP contribution in [-0.4, -0.2) is 37.2 Å². The molecule has 0 saturated heterocycles. The van der Waals surface area contributed by atoms with E-state index >= 15 is 0 Å². The Morgan fingerprint density at radius 1 is 1.08 bits per heavy atom. The zero-order valence-corrected chi connectivity index (χ0v) is 15.7. The van der Waals surface area contributed by atoms with Crippen LogP contribution in [0.5, 0.6) is 5.75 Å². The minimum atomic E-state index is 0.661. The lowest BCUT2D eigenvalue weighted by Gasteiger charge is -2.06. The second-order valence-corrected chi connectivity index (χ2v) is 6.20. The molecule has 0 radical (unpaired) electrons. The number of halogens is 1. The lowest BCUT2D eigenvalue weighted by Crippen LogP contribution is -2.18. The summed E-state index contributed by atoms with van der Waals surface area (Å²) in [6.07, 6.45) is 2.03. The molecule has 1 heterocycles. The summed E-state index contributed by atoms with van der Waals surface area (Å²) in [5, 5.41) is 8.85. The van der Waals surface area contributed by atoms with Crippen LogP contribution in [0.15, 0.2) is 54.7 Å². The summed E-state index contributed by atoms with van der Waals surface area (Å²) >= 11 is 6.40. The van der Waals surface area contributed by atoms with Crippen molar-refractivity contribution in [3.63, 3.8) is 0 Å². The van der Waals surface area contributed by atoms with Crippen LogP contribution in [0.25, 0.3) is 16.9 Å². The molecule has 0 unspecified atom stereocenters. The van der Waals surface area contributed by atoms with E-state index < -0.39 is 0 Å². The number of benzene rings is 2. The Labute approximate surface area is 158 Å². The van der Waals surface area contributed by atoms with Gasteiger partial charge in [0.1, 0.15) is 5.75 Å². The van der Waals surface area contributed by atoms with Crippen molar-refractivity contribution >= 4 is 11.6 Å². The molecule has 3 rings (SSSR count). The zero-order chi connectivity index (χ0) is 18.4. The summed E-state index contributed by atoms with van der Waals surface area (Å²) in [4.78, 5) is 0. The van der Waals surface area contributed by atoms with Crippen molar-refractivity contribution in [3.8, 4) is 22.7 Å². The number of nitrogens with zero attached hydrogens (tertiary/aromatic N) is 2. The largest absolute Gasteiger partial charge is 0.497 e. The maximum Gasteiger partial charge on any atom is 0.119 e. The molecule has 0 atom stereocenters. The van der Waals surface area contributed by atoms with Gasteiger partial charge in [0.05, 0.1) is 30.1 Å². The standard InChI is InChI=1S/C20H22ClN3O2/c1-25-12-11-22-13-15-14-24(16-7-9-17(26-2)10-8-16)23-20(15)18-5-3-4-6-19(18)21/h3-10,14,22H,11-13H2,1-2H3. The van der Waals surface area contributed by atoms with E-state index in [0.29, 0.717) is 18.2 Å². The molecule has 0 aliphatic carbocycles. The monoisotopic (exact) mass is 371 g/mol. The third kappa shape index (κ3) is 4.25. The third-order valence-electron chi connectivity index (χ3n) is 4.05. The van der Waals surface area contributed by atoms with Crippen molar-refractivity contribution in [3.05, 3.63) is 65.3 Å². The number of hydrogen-bond acceptors (Lipinski definition) is 4. The molecular weight excluding hydrogens is 350 g/mol. The molecule has 5 nitrogen and oxygen atoms in total. The van der Waals surface area contributed by atoms with Gasteiger partial charge in [-0.3, -0.25) is 0 Å². The fourth-order valence-corrected chi connectivity index (χ4v) is 2.91. The van der Waals surface area contributed by atoms with Gasteiger partial charge in [-0.2, -0.15) is 5.10 Å². The summed E-state index contributed by atoms with van der Waals surface area (Å²) in [7, 11) is 3.35. The van der Waals surface area contributed by atoms with Crippen molar-refractivity contribution in [2.24, 2.45) is 0 Å². The van der Waals surface area contributed by atoms with Crippen LogP contribution in [0.3, 0.4) is 0 Å². The van der Waals surface area contributed by atoms with E-state index in [1.54, 1.807) is 14.2 Å².